The topological polar surface area (TPSA) is 57.3 Å². The third kappa shape index (κ3) is 4.34. The number of nitrogens with one attached hydrogen (secondary N) is 2. The number of rotatable bonds is 5. The molecule has 1 aromatic heterocycles. The van der Waals surface area contributed by atoms with Gasteiger partial charge >= 0.3 is 6.18 Å². The van der Waals surface area contributed by atoms with Gasteiger partial charge in [-0.1, -0.05) is 17.7 Å². The molecule has 0 radical (unpaired) electrons. The maximum atomic E-state index is 14.2. The molecule has 2 aliphatic rings. The van der Waals surface area contributed by atoms with E-state index in [2.05, 4.69) is 15.6 Å². The third-order valence-corrected chi connectivity index (χ3v) is 6.11. The van der Waals surface area contributed by atoms with E-state index in [4.69, 9.17) is 11.6 Å². The molecule has 166 valence electrons. The van der Waals surface area contributed by atoms with Crippen LogP contribution in [0.1, 0.15) is 22.9 Å². The zero-order chi connectivity index (χ0) is 22.3. The zero-order valence-electron chi connectivity index (χ0n) is 16.6. The number of aromatic nitrogens is 1. The van der Waals surface area contributed by atoms with Crippen LogP contribution in [0.4, 0.5) is 23.2 Å². The van der Waals surface area contributed by atoms with Gasteiger partial charge in [-0.25, -0.2) is 4.39 Å². The van der Waals surface area contributed by atoms with E-state index in [0.717, 1.165) is 17.5 Å². The molecule has 1 fully saturated rings. The number of benzene rings is 1. The Bertz CT molecular complexity index is 979. The summed E-state index contributed by atoms with van der Waals surface area (Å²) in [7, 11) is 1.15. The smallest absolute Gasteiger partial charge is 0.380 e. The van der Waals surface area contributed by atoms with Gasteiger partial charge in [-0.3, -0.25) is 9.78 Å². The molecule has 1 unspecified atom stereocenters. The summed E-state index contributed by atoms with van der Waals surface area (Å²) in [4.78, 5) is 17.1. The van der Waals surface area contributed by atoms with Crippen molar-refractivity contribution in [1.82, 2.24) is 15.2 Å². The average molecular weight is 457 g/mol. The highest BCUT2D eigenvalue weighted by atomic mass is 35.5. The lowest BCUT2D eigenvalue weighted by molar-refractivity contribution is -0.191. The Hall–Kier alpha value is -2.39. The molecule has 1 saturated heterocycles. The van der Waals surface area contributed by atoms with Gasteiger partial charge in [-0.2, -0.15) is 13.2 Å². The molecule has 0 spiro atoms. The second-order valence-corrected chi connectivity index (χ2v) is 8.38. The molecule has 1 amide bonds. The van der Waals surface area contributed by atoms with Gasteiger partial charge in [-0.15, -0.1) is 0 Å². The Labute approximate surface area is 181 Å². The first-order chi connectivity index (χ1) is 14.6. The van der Waals surface area contributed by atoms with Gasteiger partial charge in [-0.05, 0) is 42.2 Å². The summed E-state index contributed by atoms with van der Waals surface area (Å²) in [5, 5.41) is 6.14. The van der Waals surface area contributed by atoms with E-state index in [0.29, 0.717) is 37.2 Å². The van der Waals surface area contributed by atoms with Crippen molar-refractivity contribution in [2.45, 2.75) is 31.1 Å². The van der Waals surface area contributed by atoms with Crippen LogP contribution in [0.15, 0.2) is 30.5 Å². The number of carbonyl (C=O) groups is 1. The SMILES string of the molecule is CN(C(=O)C1CNC1)[C@@H](c1ccc(NC2Cc3ccc(Cl)c(F)c3C2)cn1)C(F)(F)F. The number of halogens is 5. The zero-order valence-corrected chi connectivity index (χ0v) is 17.4. The molecule has 1 aliphatic heterocycles. The molecule has 31 heavy (non-hydrogen) atoms. The number of nitrogens with zero attached hydrogens (tertiary/aromatic N) is 2. The minimum Gasteiger partial charge on any atom is -0.380 e. The van der Waals surface area contributed by atoms with Crippen molar-refractivity contribution >= 4 is 23.2 Å². The van der Waals surface area contributed by atoms with Gasteiger partial charge in [0.25, 0.3) is 0 Å². The lowest BCUT2D eigenvalue weighted by Gasteiger charge is -2.35. The molecule has 2 heterocycles. The van der Waals surface area contributed by atoms with Gasteiger partial charge < -0.3 is 15.5 Å². The van der Waals surface area contributed by atoms with Crippen LogP contribution < -0.4 is 10.6 Å². The van der Waals surface area contributed by atoms with Crippen LogP contribution in [-0.4, -0.2) is 48.1 Å². The summed E-state index contributed by atoms with van der Waals surface area (Å²) in [6.45, 7) is 0.749. The van der Waals surface area contributed by atoms with E-state index in [1.54, 1.807) is 6.07 Å². The minimum atomic E-state index is -4.66. The summed E-state index contributed by atoms with van der Waals surface area (Å²) in [5.74, 6) is -1.44. The van der Waals surface area contributed by atoms with Crippen LogP contribution in [0, 0.1) is 11.7 Å². The van der Waals surface area contributed by atoms with Gasteiger partial charge in [0.05, 0.1) is 28.5 Å². The van der Waals surface area contributed by atoms with E-state index in [1.165, 1.54) is 24.4 Å². The standard InChI is InChI=1S/C21H21ClF4N4O/c1-30(20(31)12-8-27-9-12)19(21(24,25)26)17-5-3-13(10-28-17)29-14-6-11-2-4-16(22)18(23)15(11)7-14/h2-5,10,12,14,19,27,29H,6-9H2,1H3/t14?,19-/m0/s1. The molecule has 1 aromatic carbocycles. The Morgan fingerprint density at radius 1 is 1.26 bits per heavy atom. The van der Waals surface area contributed by atoms with Gasteiger partial charge in [0.15, 0.2) is 6.04 Å². The second-order valence-electron chi connectivity index (χ2n) is 7.97. The van der Waals surface area contributed by atoms with Crippen molar-refractivity contribution in [3.63, 3.8) is 0 Å². The maximum absolute atomic E-state index is 14.2. The number of fused-ring (bicyclic) bond motifs is 1. The number of amides is 1. The minimum absolute atomic E-state index is 0.0694. The Balaban J connectivity index is 1.47. The number of alkyl halides is 3. The molecule has 0 saturated carbocycles. The Kier molecular flexibility index (Phi) is 5.83. The van der Waals surface area contributed by atoms with E-state index in [9.17, 15) is 22.4 Å². The first kappa shape index (κ1) is 21.8. The molecule has 4 rings (SSSR count). The van der Waals surface area contributed by atoms with Crippen molar-refractivity contribution in [2.75, 3.05) is 25.5 Å². The molecule has 2 N–H and O–H groups in total. The highest BCUT2D eigenvalue weighted by Crippen LogP contribution is 2.37. The fourth-order valence-electron chi connectivity index (χ4n) is 4.08. The molecule has 5 nitrogen and oxygen atoms in total. The van der Waals surface area contributed by atoms with E-state index >= 15 is 0 Å². The molecular weight excluding hydrogens is 436 g/mol. The third-order valence-electron chi connectivity index (χ3n) is 5.82. The lowest BCUT2D eigenvalue weighted by atomic mass is 10.00. The Morgan fingerprint density at radius 3 is 2.58 bits per heavy atom. The summed E-state index contributed by atoms with van der Waals surface area (Å²) < 4.78 is 55.4. The summed E-state index contributed by atoms with van der Waals surface area (Å²) >= 11 is 5.84. The van der Waals surface area contributed by atoms with Crippen molar-refractivity contribution in [3.8, 4) is 0 Å². The number of pyridine rings is 1. The van der Waals surface area contributed by atoms with E-state index in [-0.39, 0.29) is 16.8 Å². The molecule has 2 aromatic rings. The van der Waals surface area contributed by atoms with Gasteiger partial charge in [0.2, 0.25) is 5.91 Å². The summed E-state index contributed by atoms with van der Waals surface area (Å²) in [6, 6.07) is 3.82. The highest BCUT2D eigenvalue weighted by Gasteiger charge is 2.47. The first-order valence-electron chi connectivity index (χ1n) is 9.87. The highest BCUT2D eigenvalue weighted by molar-refractivity contribution is 6.30. The van der Waals surface area contributed by atoms with Crippen LogP contribution in [0.25, 0.3) is 0 Å². The van der Waals surface area contributed by atoms with Crippen LogP contribution in [0.3, 0.4) is 0 Å². The number of anilines is 1. The van der Waals surface area contributed by atoms with Crippen LogP contribution in [0.5, 0.6) is 0 Å². The van der Waals surface area contributed by atoms with Crippen molar-refractivity contribution < 1.29 is 22.4 Å². The second kappa shape index (κ2) is 8.27. The van der Waals surface area contributed by atoms with Gasteiger partial charge in [0, 0.05) is 26.2 Å². The molecule has 1 aliphatic carbocycles. The fraction of sp³-hybridized carbons (Fsp3) is 0.429. The number of carbonyl (C=O) groups excluding carboxylic acids is 1. The monoisotopic (exact) mass is 456 g/mol. The van der Waals surface area contributed by atoms with E-state index < -0.39 is 29.9 Å². The van der Waals surface area contributed by atoms with Gasteiger partial charge in [0.1, 0.15) is 5.82 Å². The maximum Gasteiger partial charge on any atom is 0.414 e. The fourth-order valence-corrected chi connectivity index (χ4v) is 4.26. The summed E-state index contributed by atoms with van der Waals surface area (Å²) in [6.07, 6.45) is -2.36. The van der Waals surface area contributed by atoms with Crippen molar-refractivity contribution in [3.05, 3.63) is 58.1 Å². The van der Waals surface area contributed by atoms with Crippen LogP contribution in [0.2, 0.25) is 5.02 Å². The predicted octanol–water partition coefficient (Wildman–Crippen LogP) is 3.73. The molecular formula is C21H21ClF4N4O. The number of hydrogen-bond donors (Lipinski definition) is 2. The quantitative estimate of drug-likeness (QED) is 0.673. The largest absolute Gasteiger partial charge is 0.414 e. The number of hydrogen-bond acceptors (Lipinski definition) is 4. The first-order valence-corrected chi connectivity index (χ1v) is 10.2. The van der Waals surface area contributed by atoms with Crippen molar-refractivity contribution in [2.24, 2.45) is 5.92 Å². The Morgan fingerprint density at radius 2 is 2.00 bits per heavy atom. The lowest BCUT2D eigenvalue weighted by Crippen LogP contribution is -2.53. The van der Waals surface area contributed by atoms with Crippen LogP contribution in [-0.2, 0) is 17.6 Å². The van der Waals surface area contributed by atoms with Crippen molar-refractivity contribution in [1.29, 1.82) is 0 Å². The molecule has 2 atom stereocenters. The predicted molar refractivity (Wildman–Crippen MR) is 108 cm³/mol. The molecule has 0 bridgehead atoms. The average Bonchev–Trinajstić information content (AvgIpc) is 3.07. The van der Waals surface area contributed by atoms with Crippen LogP contribution >= 0.6 is 11.6 Å². The molecule has 10 heteroatoms. The van der Waals surface area contributed by atoms with E-state index in [1.807, 2.05) is 0 Å². The normalized spacial score (nSPS) is 19.5. The summed E-state index contributed by atoms with van der Waals surface area (Å²) in [5.41, 5.74) is 1.67.